The lowest BCUT2D eigenvalue weighted by Crippen LogP contribution is -2.48. The average Bonchev–Trinajstić information content (AvgIpc) is 2.65. The van der Waals surface area contributed by atoms with Gasteiger partial charge in [-0.1, -0.05) is 26.0 Å². The zero-order valence-corrected chi connectivity index (χ0v) is 17.0. The summed E-state index contributed by atoms with van der Waals surface area (Å²) in [5.74, 6) is 1.08. The van der Waals surface area contributed by atoms with Crippen LogP contribution in [0.5, 0.6) is 0 Å². The molecule has 0 aromatic heterocycles. The van der Waals surface area contributed by atoms with Crippen LogP contribution in [-0.4, -0.2) is 67.9 Å². The van der Waals surface area contributed by atoms with E-state index in [-0.39, 0.29) is 17.9 Å². The standard InChI is InChI=1S/C20H29N3O3S/c1-15(2)12-22-9-10-26-16(13-22)11-21-19(24)7-8-23-17-5-3-4-6-18(17)27-14-20(23)25/h3-6,15-16H,7-14H2,1-2H3,(H,21,24). The van der Waals surface area contributed by atoms with Crippen LogP contribution in [0.1, 0.15) is 20.3 Å². The molecule has 3 rings (SSSR count). The molecule has 1 atom stereocenters. The third-order valence-electron chi connectivity index (χ3n) is 4.74. The highest BCUT2D eigenvalue weighted by Gasteiger charge is 2.25. The highest BCUT2D eigenvalue weighted by atomic mass is 32.2. The number of hydrogen-bond donors (Lipinski definition) is 1. The normalized spacial score (nSPS) is 20.6. The van der Waals surface area contributed by atoms with Crippen LogP contribution in [0.25, 0.3) is 0 Å². The molecular formula is C20H29N3O3S. The molecule has 2 heterocycles. The molecule has 1 N–H and O–H groups in total. The second-order valence-corrected chi connectivity index (χ2v) is 8.52. The van der Waals surface area contributed by atoms with Crippen molar-refractivity contribution in [1.82, 2.24) is 10.2 Å². The first kappa shape index (κ1) is 20.2. The van der Waals surface area contributed by atoms with E-state index in [2.05, 4.69) is 24.1 Å². The topological polar surface area (TPSA) is 61.9 Å². The van der Waals surface area contributed by atoms with Gasteiger partial charge in [-0.3, -0.25) is 14.5 Å². The van der Waals surface area contributed by atoms with Gasteiger partial charge in [-0.25, -0.2) is 0 Å². The number of hydrogen-bond acceptors (Lipinski definition) is 5. The number of ether oxygens (including phenoxy) is 1. The Morgan fingerprint density at radius 1 is 1.37 bits per heavy atom. The average molecular weight is 392 g/mol. The maximum Gasteiger partial charge on any atom is 0.237 e. The largest absolute Gasteiger partial charge is 0.374 e. The van der Waals surface area contributed by atoms with Crippen molar-refractivity contribution in [1.29, 1.82) is 0 Å². The van der Waals surface area contributed by atoms with Gasteiger partial charge in [0.25, 0.3) is 0 Å². The Hall–Kier alpha value is -1.57. The van der Waals surface area contributed by atoms with Gasteiger partial charge in [-0.2, -0.15) is 0 Å². The lowest BCUT2D eigenvalue weighted by atomic mass is 10.2. The molecule has 7 heteroatoms. The van der Waals surface area contributed by atoms with Gasteiger partial charge in [0.05, 0.1) is 24.2 Å². The molecule has 1 saturated heterocycles. The smallest absolute Gasteiger partial charge is 0.237 e. The lowest BCUT2D eigenvalue weighted by Gasteiger charge is -2.34. The fourth-order valence-corrected chi connectivity index (χ4v) is 4.45. The first-order chi connectivity index (χ1) is 13.0. The number of amides is 2. The molecule has 1 unspecified atom stereocenters. The molecule has 0 spiro atoms. The van der Waals surface area contributed by atoms with Crippen molar-refractivity contribution in [3.05, 3.63) is 24.3 Å². The van der Waals surface area contributed by atoms with Gasteiger partial charge in [0, 0.05) is 44.0 Å². The van der Waals surface area contributed by atoms with Crippen LogP contribution < -0.4 is 10.2 Å². The van der Waals surface area contributed by atoms with E-state index in [1.54, 1.807) is 16.7 Å². The van der Waals surface area contributed by atoms with Gasteiger partial charge < -0.3 is 15.0 Å². The van der Waals surface area contributed by atoms with Crippen LogP contribution in [0.15, 0.2) is 29.2 Å². The number of para-hydroxylation sites is 1. The molecule has 0 saturated carbocycles. The Morgan fingerprint density at radius 2 is 2.19 bits per heavy atom. The summed E-state index contributed by atoms with van der Waals surface area (Å²) in [6.07, 6.45) is 0.336. The van der Waals surface area contributed by atoms with Crippen LogP contribution in [0, 0.1) is 5.92 Å². The predicted molar refractivity (Wildman–Crippen MR) is 108 cm³/mol. The van der Waals surface area contributed by atoms with E-state index >= 15 is 0 Å². The van der Waals surface area contributed by atoms with Crippen LogP contribution in [-0.2, 0) is 14.3 Å². The molecule has 1 aromatic carbocycles. The molecule has 27 heavy (non-hydrogen) atoms. The number of anilines is 1. The van der Waals surface area contributed by atoms with Crippen LogP contribution >= 0.6 is 11.8 Å². The molecule has 0 aliphatic carbocycles. The Morgan fingerprint density at radius 3 is 3.00 bits per heavy atom. The minimum Gasteiger partial charge on any atom is -0.374 e. The molecule has 148 valence electrons. The minimum absolute atomic E-state index is 0.0372. The van der Waals surface area contributed by atoms with E-state index in [0.29, 0.717) is 37.8 Å². The van der Waals surface area contributed by atoms with Crippen molar-refractivity contribution in [3.63, 3.8) is 0 Å². The van der Waals surface area contributed by atoms with Crippen molar-refractivity contribution in [2.24, 2.45) is 5.92 Å². The number of morpholine rings is 1. The van der Waals surface area contributed by atoms with Crippen molar-refractivity contribution in [2.45, 2.75) is 31.3 Å². The summed E-state index contributed by atoms with van der Waals surface area (Å²) in [6.45, 7) is 8.94. The highest BCUT2D eigenvalue weighted by Crippen LogP contribution is 2.34. The fourth-order valence-electron chi connectivity index (χ4n) is 3.51. The van der Waals surface area contributed by atoms with Crippen molar-refractivity contribution in [3.8, 4) is 0 Å². The number of benzene rings is 1. The van der Waals surface area contributed by atoms with Crippen LogP contribution in [0.2, 0.25) is 0 Å². The van der Waals surface area contributed by atoms with Crippen molar-refractivity contribution < 1.29 is 14.3 Å². The Bertz CT molecular complexity index is 668. The number of nitrogens with one attached hydrogen (secondary N) is 1. The summed E-state index contributed by atoms with van der Waals surface area (Å²) in [6, 6.07) is 7.85. The number of fused-ring (bicyclic) bond motifs is 1. The number of nitrogens with zero attached hydrogens (tertiary/aromatic N) is 2. The van der Waals surface area contributed by atoms with E-state index in [4.69, 9.17) is 4.74 Å². The van der Waals surface area contributed by atoms with Gasteiger partial charge in [0.15, 0.2) is 0 Å². The summed E-state index contributed by atoms with van der Waals surface area (Å²) in [5.41, 5.74) is 0.909. The molecule has 0 bridgehead atoms. The zero-order valence-electron chi connectivity index (χ0n) is 16.1. The number of carbonyl (C=O) groups is 2. The van der Waals surface area contributed by atoms with Crippen LogP contribution in [0.4, 0.5) is 5.69 Å². The van der Waals surface area contributed by atoms with Gasteiger partial charge in [0.1, 0.15) is 0 Å². The molecular weight excluding hydrogens is 362 g/mol. The lowest BCUT2D eigenvalue weighted by molar-refractivity contribution is -0.122. The first-order valence-electron chi connectivity index (χ1n) is 9.66. The summed E-state index contributed by atoms with van der Waals surface area (Å²) in [7, 11) is 0. The van der Waals surface area contributed by atoms with Crippen molar-refractivity contribution in [2.75, 3.05) is 50.0 Å². The maximum atomic E-state index is 12.3. The summed E-state index contributed by atoms with van der Waals surface area (Å²) in [5, 5.41) is 2.97. The number of thioether (sulfide) groups is 1. The van der Waals surface area contributed by atoms with E-state index in [0.717, 1.165) is 30.2 Å². The third-order valence-corrected chi connectivity index (χ3v) is 5.79. The molecule has 2 aliphatic heterocycles. The Kier molecular flexibility index (Phi) is 7.15. The van der Waals surface area contributed by atoms with Gasteiger partial charge in [-0.15, -0.1) is 11.8 Å². The Balaban J connectivity index is 1.44. The van der Waals surface area contributed by atoms with E-state index < -0.39 is 0 Å². The molecule has 6 nitrogen and oxygen atoms in total. The second kappa shape index (κ2) is 9.57. The predicted octanol–water partition coefficient (Wildman–Crippen LogP) is 1.99. The second-order valence-electron chi connectivity index (χ2n) is 7.50. The summed E-state index contributed by atoms with van der Waals surface area (Å²) >= 11 is 1.56. The van der Waals surface area contributed by atoms with Gasteiger partial charge >= 0.3 is 0 Å². The number of carbonyl (C=O) groups excluding carboxylic acids is 2. The SMILES string of the molecule is CC(C)CN1CCOC(CNC(=O)CCN2C(=O)CSc3ccccc32)C1. The zero-order chi connectivity index (χ0) is 19.2. The summed E-state index contributed by atoms with van der Waals surface area (Å²) < 4.78 is 5.77. The Labute approximate surface area is 165 Å². The fraction of sp³-hybridized carbons (Fsp3) is 0.600. The van der Waals surface area contributed by atoms with E-state index in [9.17, 15) is 9.59 Å². The molecule has 1 fully saturated rings. The van der Waals surface area contributed by atoms with Gasteiger partial charge in [0.2, 0.25) is 11.8 Å². The molecule has 0 radical (unpaired) electrons. The third kappa shape index (κ3) is 5.70. The van der Waals surface area contributed by atoms with E-state index in [1.807, 2.05) is 24.3 Å². The molecule has 2 amide bonds. The quantitative estimate of drug-likeness (QED) is 0.770. The first-order valence-corrected chi connectivity index (χ1v) is 10.6. The number of rotatable bonds is 7. The van der Waals surface area contributed by atoms with Crippen molar-refractivity contribution >= 4 is 29.3 Å². The monoisotopic (exact) mass is 391 g/mol. The van der Waals surface area contributed by atoms with E-state index in [1.165, 1.54) is 0 Å². The molecule has 2 aliphatic rings. The highest BCUT2D eigenvalue weighted by molar-refractivity contribution is 8.00. The van der Waals surface area contributed by atoms with Gasteiger partial charge in [-0.05, 0) is 18.1 Å². The summed E-state index contributed by atoms with van der Waals surface area (Å²) in [4.78, 5) is 29.7. The maximum absolute atomic E-state index is 12.3. The van der Waals surface area contributed by atoms with Crippen LogP contribution in [0.3, 0.4) is 0 Å². The molecule has 1 aromatic rings. The minimum atomic E-state index is -0.0388.